The summed E-state index contributed by atoms with van der Waals surface area (Å²) in [6.45, 7) is 3.79. The van der Waals surface area contributed by atoms with E-state index in [-0.39, 0.29) is 34.1 Å². The summed E-state index contributed by atoms with van der Waals surface area (Å²) in [6, 6.07) is 3.92. The zero-order valence-corrected chi connectivity index (χ0v) is 25.6. The van der Waals surface area contributed by atoms with Crippen molar-refractivity contribution in [1.29, 1.82) is 0 Å². The summed E-state index contributed by atoms with van der Waals surface area (Å²) >= 11 is 0. The van der Waals surface area contributed by atoms with Gasteiger partial charge in [0.1, 0.15) is 17.7 Å². The van der Waals surface area contributed by atoms with Crippen LogP contribution in [0.25, 0.3) is 11.1 Å². The van der Waals surface area contributed by atoms with E-state index in [1.54, 1.807) is 13.8 Å². The Morgan fingerprint density at radius 2 is 1.45 bits per heavy atom. The summed E-state index contributed by atoms with van der Waals surface area (Å²) in [4.78, 5) is 12.6. The van der Waals surface area contributed by atoms with Crippen molar-refractivity contribution in [3.63, 3.8) is 0 Å². The number of hydrogen-bond donors (Lipinski definition) is 0. The highest BCUT2D eigenvalue weighted by molar-refractivity contribution is 7.92. The second kappa shape index (κ2) is 12.2. The molecular weight excluding hydrogens is 676 g/mol. The minimum absolute atomic E-state index is 0.00764. The van der Waals surface area contributed by atoms with E-state index in [4.69, 9.17) is 9.47 Å². The molecule has 1 aliphatic rings. The molecule has 1 fully saturated rings. The number of alkyl halides is 9. The van der Waals surface area contributed by atoms with Gasteiger partial charge >= 0.3 is 24.0 Å². The lowest BCUT2D eigenvalue weighted by molar-refractivity contribution is -0.143. The van der Waals surface area contributed by atoms with Gasteiger partial charge in [-0.3, -0.25) is 4.90 Å². The van der Waals surface area contributed by atoms with Crippen LogP contribution < -0.4 is 4.74 Å². The Balaban J connectivity index is 1.87. The number of methoxy groups -OCH3 is 1. The molecule has 1 heterocycles. The van der Waals surface area contributed by atoms with Crippen LogP contribution in [0.15, 0.2) is 53.4 Å². The first kappa shape index (κ1) is 35.8. The Labute approximate surface area is 261 Å². The number of rotatable bonds is 7. The number of cyclic esters (lactones) is 1. The standard InChI is InChI=1S/C30H25F10NO5S/c1-14(2)22-11-23(25(45-4)12-24(22)31)21-6-5-20(47(43,44)30(38,39)40)9-17(21)13-41-15(3)26(46-27(41)42)16-7-18(28(32,33)34)10-19(8-16)29(35,36)37/h5-12,14-15,26H,13H2,1-4H3/t15-,26-/m0/s1. The van der Waals surface area contributed by atoms with Gasteiger partial charge in [-0.05, 0) is 71.5 Å². The molecule has 3 aromatic carbocycles. The van der Waals surface area contributed by atoms with E-state index in [2.05, 4.69) is 0 Å². The molecule has 0 bridgehead atoms. The lowest BCUT2D eigenvalue weighted by Gasteiger charge is -2.24. The van der Waals surface area contributed by atoms with Crippen molar-refractivity contribution in [2.24, 2.45) is 0 Å². The van der Waals surface area contributed by atoms with E-state index in [0.29, 0.717) is 24.3 Å². The fraction of sp³-hybridized carbons (Fsp3) is 0.367. The molecule has 0 radical (unpaired) electrons. The molecule has 256 valence electrons. The zero-order chi connectivity index (χ0) is 35.4. The summed E-state index contributed by atoms with van der Waals surface area (Å²) in [7, 11) is -4.76. The molecule has 0 saturated carbocycles. The summed E-state index contributed by atoms with van der Waals surface area (Å²) in [5.74, 6) is -1.20. The molecular formula is C30H25F10NO5S. The second-order valence-electron chi connectivity index (χ2n) is 11.0. The normalized spacial score (nSPS) is 17.8. The second-order valence-corrected chi connectivity index (χ2v) is 13.0. The van der Waals surface area contributed by atoms with Crippen molar-refractivity contribution in [3.8, 4) is 16.9 Å². The Hall–Kier alpha value is -4.02. The first-order valence-corrected chi connectivity index (χ1v) is 15.0. The molecule has 0 N–H and O–H groups in total. The molecule has 2 atom stereocenters. The number of benzene rings is 3. The number of nitrogens with zero attached hydrogens (tertiary/aromatic N) is 1. The van der Waals surface area contributed by atoms with Crippen molar-refractivity contribution in [2.75, 3.05) is 7.11 Å². The first-order chi connectivity index (χ1) is 21.5. The minimum atomic E-state index is -5.93. The van der Waals surface area contributed by atoms with Crippen LogP contribution in [0.5, 0.6) is 5.75 Å². The highest BCUT2D eigenvalue weighted by Gasteiger charge is 2.48. The molecule has 6 nitrogen and oxygen atoms in total. The third-order valence-electron chi connectivity index (χ3n) is 7.59. The summed E-state index contributed by atoms with van der Waals surface area (Å²) in [6.07, 6.45) is -13.4. The Morgan fingerprint density at radius 1 is 0.872 bits per heavy atom. The Morgan fingerprint density at radius 3 is 1.94 bits per heavy atom. The van der Waals surface area contributed by atoms with Crippen LogP contribution in [0.2, 0.25) is 0 Å². The molecule has 3 aromatic rings. The van der Waals surface area contributed by atoms with Gasteiger partial charge in [-0.25, -0.2) is 17.6 Å². The smallest absolute Gasteiger partial charge is 0.496 e. The lowest BCUT2D eigenvalue weighted by Crippen LogP contribution is -2.32. The maximum atomic E-state index is 14.8. The van der Waals surface area contributed by atoms with Gasteiger partial charge in [-0.15, -0.1) is 0 Å². The average Bonchev–Trinajstić information content (AvgIpc) is 3.23. The largest absolute Gasteiger partial charge is 0.501 e. The van der Waals surface area contributed by atoms with Crippen molar-refractivity contribution in [3.05, 3.63) is 82.2 Å². The minimum Gasteiger partial charge on any atom is -0.496 e. The van der Waals surface area contributed by atoms with Gasteiger partial charge < -0.3 is 9.47 Å². The van der Waals surface area contributed by atoms with Crippen LogP contribution in [0.1, 0.15) is 60.6 Å². The van der Waals surface area contributed by atoms with Gasteiger partial charge in [0.15, 0.2) is 0 Å². The predicted molar refractivity (Wildman–Crippen MR) is 146 cm³/mol. The van der Waals surface area contributed by atoms with E-state index in [1.165, 1.54) is 20.1 Å². The molecule has 4 rings (SSSR count). The van der Waals surface area contributed by atoms with Crippen LogP contribution in [-0.4, -0.2) is 38.1 Å². The maximum absolute atomic E-state index is 14.8. The molecule has 0 unspecified atom stereocenters. The third-order valence-corrected chi connectivity index (χ3v) is 9.08. The van der Waals surface area contributed by atoms with E-state index in [1.807, 2.05) is 0 Å². The van der Waals surface area contributed by atoms with Crippen LogP contribution in [-0.2, 0) is 33.5 Å². The van der Waals surface area contributed by atoms with Crippen LogP contribution >= 0.6 is 0 Å². The van der Waals surface area contributed by atoms with Gasteiger partial charge in [0, 0.05) is 11.6 Å². The molecule has 1 amide bonds. The van der Waals surface area contributed by atoms with E-state index in [9.17, 15) is 57.1 Å². The van der Waals surface area contributed by atoms with Crippen molar-refractivity contribution in [1.82, 2.24) is 4.90 Å². The molecule has 0 aromatic heterocycles. The molecule has 1 saturated heterocycles. The fourth-order valence-corrected chi connectivity index (χ4v) is 5.96. The Kier molecular flexibility index (Phi) is 9.31. The fourth-order valence-electron chi connectivity index (χ4n) is 5.14. The number of carbonyl (C=O) groups is 1. The van der Waals surface area contributed by atoms with Crippen LogP contribution in [0.4, 0.5) is 48.7 Å². The van der Waals surface area contributed by atoms with Gasteiger partial charge in [0.25, 0.3) is 9.84 Å². The van der Waals surface area contributed by atoms with Gasteiger partial charge in [-0.1, -0.05) is 19.9 Å². The Bertz CT molecular complexity index is 1770. The summed E-state index contributed by atoms with van der Waals surface area (Å²) < 4.78 is 171. The van der Waals surface area contributed by atoms with Gasteiger partial charge in [0.05, 0.1) is 35.7 Å². The van der Waals surface area contributed by atoms with Gasteiger partial charge in [0.2, 0.25) is 0 Å². The lowest BCUT2D eigenvalue weighted by atomic mass is 9.93. The number of carbonyl (C=O) groups excluding carboxylic acids is 1. The third kappa shape index (κ3) is 6.99. The average molecular weight is 702 g/mol. The molecule has 47 heavy (non-hydrogen) atoms. The maximum Gasteiger partial charge on any atom is 0.501 e. The van der Waals surface area contributed by atoms with E-state index < -0.39 is 85.8 Å². The van der Waals surface area contributed by atoms with Gasteiger partial charge in [-0.2, -0.15) is 39.5 Å². The van der Waals surface area contributed by atoms with Crippen molar-refractivity contribution >= 4 is 15.9 Å². The highest BCUT2D eigenvalue weighted by Crippen LogP contribution is 2.43. The molecule has 1 aliphatic heterocycles. The van der Waals surface area contributed by atoms with E-state index >= 15 is 0 Å². The van der Waals surface area contributed by atoms with Crippen LogP contribution in [0.3, 0.4) is 0 Å². The SMILES string of the molecule is COc1cc(F)c(C(C)C)cc1-c1ccc(S(=O)(=O)C(F)(F)F)cc1CN1C(=O)O[C@H](c2cc(C(F)(F)F)cc(C(F)(F)F)c2)[C@@H]1C. The number of ether oxygens (including phenoxy) is 2. The number of sulfone groups is 1. The number of hydrogen-bond acceptors (Lipinski definition) is 5. The quantitative estimate of drug-likeness (QED) is 0.230. The van der Waals surface area contributed by atoms with Crippen LogP contribution in [0, 0.1) is 5.82 Å². The van der Waals surface area contributed by atoms with Crippen molar-refractivity contribution in [2.45, 2.75) is 68.1 Å². The highest BCUT2D eigenvalue weighted by atomic mass is 32.2. The summed E-state index contributed by atoms with van der Waals surface area (Å²) in [5.41, 5.74) is -9.75. The van der Waals surface area contributed by atoms with E-state index in [0.717, 1.165) is 17.0 Å². The summed E-state index contributed by atoms with van der Waals surface area (Å²) in [5, 5.41) is 0. The monoisotopic (exact) mass is 701 g/mol. The zero-order valence-electron chi connectivity index (χ0n) is 24.7. The van der Waals surface area contributed by atoms with Crippen molar-refractivity contribution < 1.29 is 66.6 Å². The topological polar surface area (TPSA) is 72.9 Å². The molecule has 17 heteroatoms. The predicted octanol–water partition coefficient (Wildman–Crippen LogP) is 9.04. The number of amides is 1. The molecule has 0 aliphatic carbocycles. The molecule has 0 spiro atoms. The number of halogens is 10. The first-order valence-electron chi connectivity index (χ1n) is 13.6.